The summed E-state index contributed by atoms with van der Waals surface area (Å²) in [4.78, 5) is 18.7. The lowest BCUT2D eigenvalue weighted by atomic mass is 10.1. The van der Waals surface area contributed by atoms with E-state index >= 15 is 0 Å². The zero-order valence-electron chi connectivity index (χ0n) is 17.8. The van der Waals surface area contributed by atoms with Crippen LogP contribution in [0.4, 0.5) is 17.8 Å². The summed E-state index contributed by atoms with van der Waals surface area (Å²) in [5, 5.41) is 4.34. The molecule has 0 spiro atoms. The average molecular weight is 406 g/mol. The van der Waals surface area contributed by atoms with E-state index in [2.05, 4.69) is 49.4 Å². The van der Waals surface area contributed by atoms with Crippen LogP contribution in [0.25, 0.3) is 5.57 Å². The Bertz CT molecular complexity index is 830. The van der Waals surface area contributed by atoms with Gasteiger partial charge < -0.3 is 9.80 Å². The van der Waals surface area contributed by atoms with Crippen LogP contribution in [-0.2, 0) is 0 Å². The quantitative estimate of drug-likeness (QED) is 0.569. The highest BCUT2D eigenvalue weighted by Crippen LogP contribution is 2.22. The molecule has 7 heteroatoms. The number of benzene rings is 1. The predicted molar refractivity (Wildman–Crippen MR) is 124 cm³/mol. The van der Waals surface area contributed by atoms with Crippen LogP contribution in [0.1, 0.15) is 51.0 Å². The van der Waals surface area contributed by atoms with E-state index in [1.807, 2.05) is 24.3 Å². The lowest BCUT2D eigenvalue weighted by molar-refractivity contribution is 0.556. The number of aromatic nitrogens is 3. The molecule has 0 unspecified atom stereocenters. The van der Waals surface area contributed by atoms with Gasteiger partial charge in [0.05, 0.1) is 0 Å². The lowest BCUT2D eigenvalue weighted by Gasteiger charge is -2.30. The Kier molecular flexibility index (Phi) is 6.90. The summed E-state index contributed by atoms with van der Waals surface area (Å²) in [6.45, 7) is 6.10. The average Bonchev–Trinajstić information content (AvgIpc) is 2.83. The third-order valence-electron chi connectivity index (χ3n) is 5.68. The van der Waals surface area contributed by atoms with Crippen molar-refractivity contribution in [2.24, 2.45) is 5.10 Å². The number of nitrogens with one attached hydrogen (secondary N) is 1. The van der Waals surface area contributed by atoms with Crippen LogP contribution in [0.2, 0.25) is 0 Å². The van der Waals surface area contributed by atoms with Crippen LogP contribution in [0.3, 0.4) is 0 Å². The first-order valence-corrected chi connectivity index (χ1v) is 11.1. The minimum atomic E-state index is 0.508. The molecule has 2 aliphatic heterocycles. The van der Waals surface area contributed by atoms with Gasteiger partial charge >= 0.3 is 0 Å². The minimum absolute atomic E-state index is 0.508. The number of hydrogen-bond acceptors (Lipinski definition) is 7. The third kappa shape index (κ3) is 5.34. The third-order valence-corrected chi connectivity index (χ3v) is 5.68. The Morgan fingerprint density at radius 2 is 1.40 bits per heavy atom. The molecule has 2 saturated heterocycles. The highest BCUT2D eigenvalue weighted by atomic mass is 15.4. The molecule has 1 aromatic carbocycles. The van der Waals surface area contributed by atoms with E-state index in [-0.39, 0.29) is 0 Å². The van der Waals surface area contributed by atoms with Crippen molar-refractivity contribution in [3.05, 3.63) is 42.0 Å². The number of piperidine rings is 2. The molecule has 2 fully saturated rings. The summed E-state index contributed by atoms with van der Waals surface area (Å²) in [6, 6.07) is 10.3. The molecule has 0 bridgehead atoms. The van der Waals surface area contributed by atoms with E-state index in [9.17, 15) is 0 Å². The molecule has 0 amide bonds. The van der Waals surface area contributed by atoms with Gasteiger partial charge in [0.2, 0.25) is 17.8 Å². The fourth-order valence-electron chi connectivity index (χ4n) is 3.92. The van der Waals surface area contributed by atoms with E-state index in [0.717, 1.165) is 43.6 Å². The zero-order valence-corrected chi connectivity index (χ0v) is 17.8. The Morgan fingerprint density at radius 3 is 1.97 bits per heavy atom. The van der Waals surface area contributed by atoms with Gasteiger partial charge in [-0.3, -0.25) is 0 Å². The van der Waals surface area contributed by atoms with Crippen molar-refractivity contribution in [3.8, 4) is 0 Å². The molecule has 1 aromatic heterocycles. The van der Waals surface area contributed by atoms with E-state index in [1.165, 1.54) is 44.1 Å². The summed E-state index contributed by atoms with van der Waals surface area (Å²) in [7, 11) is 0. The largest absolute Gasteiger partial charge is 0.341 e. The number of anilines is 3. The van der Waals surface area contributed by atoms with Gasteiger partial charge in [0.15, 0.2) is 0 Å². The standard InChI is InChI=1S/C23H31N7/c1-19(20-11-5-2-6-12-20)13-14-24-28-21-25-22(29-15-7-3-8-16-29)27-23(26-21)30-17-9-4-10-18-30/h2,5-6,11-14H,3-4,7-10,15-18H2,1H3,(H,25,26,27,28)/b19-13-,24-14-. The number of nitrogens with zero attached hydrogens (tertiary/aromatic N) is 6. The SMILES string of the molecule is C/C(=C/C=N\Nc1nc(N2CCCCC2)nc(N2CCCCC2)n1)c1ccccc1. The molecule has 4 rings (SSSR count). The van der Waals surface area contributed by atoms with Crippen molar-refractivity contribution in [1.29, 1.82) is 0 Å². The van der Waals surface area contributed by atoms with Crippen LogP contribution in [0.15, 0.2) is 41.5 Å². The van der Waals surface area contributed by atoms with Gasteiger partial charge in [-0.2, -0.15) is 20.1 Å². The van der Waals surface area contributed by atoms with Gasteiger partial charge in [0, 0.05) is 32.4 Å². The first-order valence-electron chi connectivity index (χ1n) is 11.1. The van der Waals surface area contributed by atoms with Crippen LogP contribution in [-0.4, -0.2) is 47.3 Å². The van der Waals surface area contributed by atoms with Crippen LogP contribution in [0.5, 0.6) is 0 Å². The van der Waals surface area contributed by atoms with Gasteiger partial charge in [0.1, 0.15) is 0 Å². The minimum Gasteiger partial charge on any atom is -0.341 e. The van der Waals surface area contributed by atoms with E-state index in [4.69, 9.17) is 4.98 Å². The molecular formula is C23H31N7. The number of allylic oxidation sites excluding steroid dienone is 2. The molecule has 30 heavy (non-hydrogen) atoms. The van der Waals surface area contributed by atoms with E-state index < -0.39 is 0 Å². The maximum absolute atomic E-state index is 4.80. The number of rotatable bonds is 6. The van der Waals surface area contributed by atoms with Gasteiger partial charge in [-0.1, -0.05) is 30.3 Å². The van der Waals surface area contributed by atoms with Crippen molar-refractivity contribution < 1.29 is 0 Å². The van der Waals surface area contributed by atoms with Gasteiger partial charge in [-0.05, 0) is 62.7 Å². The van der Waals surface area contributed by atoms with Gasteiger partial charge in [-0.25, -0.2) is 5.43 Å². The molecule has 0 saturated carbocycles. The first-order chi connectivity index (χ1) is 14.8. The Morgan fingerprint density at radius 1 is 0.833 bits per heavy atom. The molecule has 1 N–H and O–H groups in total. The second-order valence-electron chi connectivity index (χ2n) is 7.96. The Hall–Kier alpha value is -2.96. The summed E-state index contributed by atoms with van der Waals surface area (Å²) in [5.41, 5.74) is 5.36. The highest BCUT2D eigenvalue weighted by Gasteiger charge is 2.20. The fraction of sp³-hybridized carbons (Fsp3) is 0.478. The Balaban J connectivity index is 1.50. The zero-order chi connectivity index (χ0) is 20.6. The van der Waals surface area contributed by atoms with Crippen molar-refractivity contribution in [2.75, 3.05) is 41.4 Å². The normalized spacial score (nSPS) is 18.1. The molecular weight excluding hydrogens is 374 g/mol. The van der Waals surface area contributed by atoms with Crippen LogP contribution >= 0.6 is 0 Å². The van der Waals surface area contributed by atoms with Crippen molar-refractivity contribution in [1.82, 2.24) is 15.0 Å². The van der Waals surface area contributed by atoms with Crippen molar-refractivity contribution in [3.63, 3.8) is 0 Å². The van der Waals surface area contributed by atoms with Crippen molar-refractivity contribution >= 4 is 29.6 Å². The monoisotopic (exact) mass is 405 g/mol. The first kappa shape index (κ1) is 20.3. The molecule has 158 valence electrons. The summed E-state index contributed by atoms with van der Waals surface area (Å²) in [6.07, 6.45) is 11.1. The maximum atomic E-state index is 4.80. The molecule has 0 atom stereocenters. The molecule has 2 aliphatic rings. The Labute approximate surface area is 178 Å². The fourth-order valence-corrected chi connectivity index (χ4v) is 3.92. The molecule has 0 radical (unpaired) electrons. The van der Waals surface area contributed by atoms with Crippen molar-refractivity contribution in [2.45, 2.75) is 45.4 Å². The van der Waals surface area contributed by atoms with Crippen LogP contribution < -0.4 is 15.2 Å². The van der Waals surface area contributed by atoms with Gasteiger partial charge in [0.25, 0.3) is 0 Å². The van der Waals surface area contributed by atoms with Gasteiger partial charge in [-0.15, -0.1) is 0 Å². The van der Waals surface area contributed by atoms with Crippen LogP contribution in [0, 0.1) is 0 Å². The maximum Gasteiger partial charge on any atom is 0.250 e. The summed E-state index contributed by atoms with van der Waals surface area (Å²) >= 11 is 0. The lowest BCUT2D eigenvalue weighted by Crippen LogP contribution is -2.34. The molecule has 2 aromatic rings. The van der Waals surface area contributed by atoms with E-state index in [1.54, 1.807) is 6.21 Å². The topological polar surface area (TPSA) is 69.5 Å². The number of hydrazone groups is 1. The second kappa shape index (κ2) is 10.2. The second-order valence-corrected chi connectivity index (χ2v) is 7.96. The molecule has 7 nitrogen and oxygen atoms in total. The highest BCUT2D eigenvalue weighted by molar-refractivity contribution is 5.84. The predicted octanol–water partition coefficient (Wildman–Crippen LogP) is 4.35. The molecule has 3 heterocycles. The summed E-state index contributed by atoms with van der Waals surface area (Å²) < 4.78 is 0. The molecule has 0 aliphatic carbocycles. The smallest absolute Gasteiger partial charge is 0.250 e. The summed E-state index contributed by atoms with van der Waals surface area (Å²) in [5.74, 6) is 2.03. The number of hydrogen-bond donors (Lipinski definition) is 1. The van der Waals surface area contributed by atoms with E-state index in [0.29, 0.717) is 5.95 Å².